The second-order valence-electron chi connectivity index (χ2n) is 9.65. The molecule has 182 valence electrons. The molecule has 1 heterocycles. The minimum atomic E-state index is -0.579. The lowest BCUT2D eigenvalue weighted by molar-refractivity contribution is -0.144. The van der Waals surface area contributed by atoms with Crippen molar-refractivity contribution in [2.24, 2.45) is 0 Å². The third kappa shape index (κ3) is 4.62. The van der Waals surface area contributed by atoms with E-state index in [2.05, 4.69) is 5.32 Å². The van der Waals surface area contributed by atoms with Crippen LogP contribution >= 0.6 is 0 Å². The second kappa shape index (κ2) is 9.68. The molecule has 0 bridgehead atoms. The number of hydrogen-bond acceptors (Lipinski definition) is 5. The van der Waals surface area contributed by atoms with Crippen LogP contribution in [0.1, 0.15) is 68.4 Å². The van der Waals surface area contributed by atoms with Crippen molar-refractivity contribution in [3.8, 4) is 5.75 Å². The molecule has 1 saturated carbocycles. The van der Waals surface area contributed by atoms with Crippen molar-refractivity contribution in [3.05, 3.63) is 88.0 Å². The number of ether oxygens (including phenoxy) is 2. The van der Waals surface area contributed by atoms with Gasteiger partial charge in [0.15, 0.2) is 5.78 Å². The number of dihydropyridines is 1. The number of carbonyl (C=O) groups excluding carboxylic acids is 2. The molecule has 5 rings (SSSR count). The Bertz CT molecular complexity index is 1190. The zero-order valence-electron chi connectivity index (χ0n) is 20.1. The van der Waals surface area contributed by atoms with E-state index in [0.29, 0.717) is 29.7 Å². The molecule has 0 radical (unpaired) electrons. The molecule has 5 nitrogen and oxygen atoms in total. The van der Waals surface area contributed by atoms with Crippen LogP contribution in [-0.4, -0.2) is 25.0 Å². The predicted molar refractivity (Wildman–Crippen MR) is 130 cm³/mol. The Kier molecular flexibility index (Phi) is 6.46. The third-order valence-electron chi connectivity index (χ3n) is 7.41. The first-order valence-corrected chi connectivity index (χ1v) is 12.3. The molecule has 6 heteroatoms. The molecule has 0 saturated heterocycles. The molecule has 0 spiro atoms. The number of rotatable bonds is 5. The van der Waals surface area contributed by atoms with Crippen LogP contribution < -0.4 is 10.1 Å². The number of hydrogen-bond donors (Lipinski definition) is 1. The van der Waals surface area contributed by atoms with Gasteiger partial charge in [-0.25, -0.2) is 9.18 Å². The maximum Gasteiger partial charge on any atom is 0.337 e. The first kappa shape index (κ1) is 23.3. The smallest absolute Gasteiger partial charge is 0.337 e. The van der Waals surface area contributed by atoms with Crippen LogP contribution in [0.3, 0.4) is 0 Å². The van der Waals surface area contributed by atoms with Gasteiger partial charge < -0.3 is 14.8 Å². The van der Waals surface area contributed by atoms with E-state index in [9.17, 15) is 14.0 Å². The summed E-state index contributed by atoms with van der Waals surface area (Å²) in [6.07, 6.45) is 4.73. The summed E-state index contributed by atoms with van der Waals surface area (Å²) in [4.78, 5) is 27.0. The standard InChI is InChI=1S/C29H30FNO4/c1-17-26(29(33)35-23-5-3-4-6-23)27(19-7-11-21(30)12-8-19)28-24(31-17)15-20(16-25(28)32)18-9-13-22(34-2)14-10-18/h7-14,20,23,27,31H,3-6,15-16H2,1-2H3. The van der Waals surface area contributed by atoms with Gasteiger partial charge in [0.05, 0.1) is 12.7 Å². The van der Waals surface area contributed by atoms with Gasteiger partial charge in [-0.3, -0.25) is 4.79 Å². The Morgan fingerprint density at radius 3 is 2.29 bits per heavy atom. The molecular weight excluding hydrogens is 445 g/mol. The highest BCUT2D eigenvalue weighted by atomic mass is 19.1. The third-order valence-corrected chi connectivity index (χ3v) is 7.41. The molecule has 1 aliphatic heterocycles. The van der Waals surface area contributed by atoms with E-state index in [0.717, 1.165) is 48.3 Å². The molecule has 0 amide bonds. The summed E-state index contributed by atoms with van der Waals surface area (Å²) in [5.41, 5.74) is 4.33. The maximum atomic E-state index is 13.8. The molecule has 1 N–H and O–H groups in total. The van der Waals surface area contributed by atoms with Crippen LogP contribution in [0.2, 0.25) is 0 Å². The van der Waals surface area contributed by atoms with Gasteiger partial charge in [-0.05, 0) is 80.3 Å². The molecular formula is C29H30FNO4. The summed E-state index contributed by atoms with van der Waals surface area (Å²) in [5, 5.41) is 3.38. The van der Waals surface area contributed by atoms with Crippen LogP contribution in [0, 0.1) is 5.82 Å². The van der Waals surface area contributed by atoms with E-state index in [-0.39, 0.29) is 23.6 Å². The van der Waals surface area contributed by atoms with Gasteiger partial charge >= 0.3 is 5.97 Å². The van der Waals surface area contributed by atoms with Crippen LogP contribution in [0.4, 0.5) is 4.39 Å². The Labute approximate surface area is 205 Å². The van der Waals surface area contributed by atoms with E-state index in [4.69, 9.17) is 9.47 Å². The van der Waals surface area contributed by atoms with Gasteiger partial charge in [-0.1, -0.05) is 24.3 Å². The summed E-state index contributed by atoms with van der Waals surface area (Å²) in [5.74, 6) is -0.548. The average Bonchev–Trinajstić information content (AvgIpc) is 3.36. The monoisotopic (exact) mass is 475 g/mol. The Balaban J connectivity index is 1.51. The van der Waals surface area contributed by atoms with Crippen molar-refractivity contribution < 1.29 is 23.5 Å². The number of nitrogens with one attached hydrogen (secondary N) is 1. The van der Waals surface area contributed by atoms with E-state index in [1.165, 1.54) is 12.1 Å². The van der Waals surface area contributed by atoms with E-state index in [1.54, 1.807) is 19.2 Å². The number of methoxy groups -OCH3 is 1. The van der Waals surface area contributed by atoms with Crippen molar-refractivity contribution in [1.29, 1.82) is 0 Å². The van der Waals surface area contributed by atoms with E-state index >= 15 is 0 Å². The van der Waals surface area contributed by atoms with Crippen molar-refractivity contribution in [1.82, 2.24) is 5.32 Å². The first-order valence-electron chi connectivity index (χ1n) is 12.3. The van der Waals surface area contributed by atoms with Crippen LogP contribution in [0.15, 0.2) is 71.1 Å². The fraction of sp³-hybridized carbons (Fsp3) is 0.379. The van der Waals surface area contributed by atoms with Gasteiger partial charge in [-0.15, -0.1) is 0 Å². The summed E-state index contributed by atoms with van der Waals surface area (Å²) in [6.45, 7) is 1.85. The molecule has 2 unspecified atom stereocenters. The quantitative estimate of drug-likeness (QED) is 0.564. The van der Waals surface area contributed by atoms with Gasteiger partial charge in [-0.2, -0.15) is 0 Å². The molecule has 2 aromatic carbocycles. The molecule has 2 aromatic rings. The number of allylic oxidation sites excluding steroid dienone is 3. The molecule has 35 heavy (non-hydrogen) atoms. The van der Waals surface area contributed by atoms with Crippen LogP contribution in [-0.2, 0) is 14.3 Å². The number of halogens is 1. The van der Waals surface area contributed by atoms with Crippen LogP contribution in [0.5, 0.6) is 5.75 Å². The van der Waals surface area contributed by atoms with Crippen molar-refractivity contribution in [2.45, 2.75) is 63.4 Å². The minimum Gasteiger partial charge on any atom is -0.497 e. The first-order chi connectivity index (χ1) is 16.9. The summed E-state index contributed by atoms with van der Waals surface area (Å²) < 4.78 is 24.9. The average molecular weight is 476 g/mol. The van der Waals surface area contributed by atoms with Crippen LogP contribution in [0.25, 0.3) is 0 Å². The molecule has 0 aromatic heterocycles. The number of benzene rings is 2. The lowest BCUT2D eigenvalue weighted by Gasteiger charge is -2.37. The van der Waals surface area contributed by atoms with E-state index < -0.39 is 11.9 Å². The number of esters is 1. The normalized spacial score (nSPS) is 22.7. The van der Waals surface area contributed by atoms with Gasteiger partial charge in [0.25, 0.3) is 0 Å². The largest absolute Gasteiger partial charge is 0.497 e. The highest BCUT2D eigenvalue weighted by Crippen LogP contribution is 2.46. The molecule has 3 aliphatic rings. The van der Waals surface area contributed by atoms with Crippen molar-refractivity contribution in [2.75, 3.05) is 7.11 Å². The van der Waals surface area contributed by atoms with Gasteiger partial charge in [0.1, 0.15) is 17.7 Å². The second-order valence-corrected chi connectivity index (χ2v) is 9.65. The number of ketones is 1. The predicted octanol–water partition coefficient (Wildman–Crippen LogP) is 5.68. The SMILES string of the molecule is COc1ccc(C2CC(=O)C3=C(C2)NC(C)=C(C(=O)OC2CCCC2)C3c2ccc(F)cc2)cc1. The summed E-state index contributed by atoms with van der Waals surface area (Å²) >= 11 is 0. The van der Waals surface area contributed by atoms with Gasteiger partial charge in [0, 0.05) is 29.3 Å². The molecule has 2 aliphatic carbocycles. The minimum absolute atomic E-state index is 0.00689. The number of Topliss-reactive ketones (excluding diaryl/α,β-unsaturated/α-hetero) is 1. The Morgan fingerprint density at radius 2 is 1.63 bits per heavy atom. The topological polar surface area (TPSA) is 64.6 Å². The zero-order valence-corrected chi connectivity index (χ0v) is 20.1. The Morgan fingerprint density at radius 1 is 0.971 bits per heavy atom. The Hall–Kier alpha value is -3.41. The summed E-state index contributed by atoms with van der Waals surface area (Å²) in [7, 11) is 1.63. The fourth-order valence-electron chi connectivity index (χ4n) is 5.63. The molecule has 2 atom stereocenters. The fourth-order valence-corrected chi connectivity index (χ4v) is 5.63. The van der Waals surface area contributed by atoms with Crippen molar-refractivity contribution >= 4 is 11.8 Å². The van der Waals surface area contributed by atoms with Crippen molar-refractivity contribution in [3.63, 3.8) is 0 Å². The van der Waals surface area contributed by atoms with E-state index in [1.807, 2.05) is 31.2 Å². The molecule has 1 fully saturated rings. The number of carbonyl (C=O) groups is 2. The maximum absolute atomic E-state index is 13.8. The lowest BCUT2D eigenvalue weighted by atomic mass is 9.71. The van der Waals surface area contributed by atoms with Gasteiger partial charge in [0.2, 0.25) is 0 Å². The summed E-state index contributed by atoms with van der Waals surface area (Å²) in [6, 6.07) is 13.9. The highest BCUT2D eigenvalue weighted by molar-refractivity contribution is 6.04. The highest BCUT2D eigenvalue weighted by Gasteiger charge is 2.42. The lowest BCUT2D eigenvalue weighted by Crippen LogP contribution is -2.36. The zero-order chi connectivity index (χ0) is 24.5.